The monoisotopic (exact) mass is 437 g/mol. The molecule has 0 aliphatic heterocycles. The lowest BCUT2D eigenvalue weighted by atomic mass is 10.1. The zero-order valence-corrected chi connectivity index (χ0v) is 17.6. The Morgan fingerprint density at radius 3 is 2.00 bits per heavy atom. The Morgan fingerprint density at radius 2 is 1.42 bits per heavy atom. The molecule has 0 aliphatic rings. The Hall–Kier alpha value is -3.49. The van der Waals surface area contributed by atoms with Gasteiger partial charge in [-0.2, -0.15) is 4.31 Å². The summed E-state index contributed by atoms with van der Waals surface area (Å²) in [6, 6.07) is 23.6. The lowest BCUT2D eigenvalue weighted by molar-refractivity contribution is -0.116. The Morgan fingerprint density at radius 1 is 0.839 bits per heavy atom. The van der Waals surface area contributed by atoms with Gasteiger partial charge in [-0.1, -0.05) is 48.5 Å². The van der Waals surface area contributed by atoms with Crippen LogP contribution < -0.4 is 11.1 Å². The van der Waals surface area contributed by atoms with Crippen molar-refractivity contribution in [2.24, 2.45) is 5.73 Å². The molecule has 0 radical (unpaired) electrons. The molecule has 0 bridgehead atoms. The van der Waals surface area contributed by atoms with Crippen LogP contribution in [0.3, 0.4) is 0 Å². The van der Waals surface area contributed by atoms with Crippen molar-refractivity contribution in [2.75, 3.05) is 18.4 Å². The van der Waals surface area contributed by atoms with E-state index in [1.54, 1.807) is 18.2 Å². The van der Waals surface area contributed by atoms with Gasteiger partial charge < -0.3 is 11.1 Å². The summed E-state index contributed by atoms with van der Waals surface area (Å²) in [6.45, 7) is -0.198. The van der Waals surface area contributed by atoms with E-state index < -0.39 is 21.8 Å². The largest absolute Gasteiger partial charge is 0.366 e. The minimum absolute atomic E-state index is 0.127. The second-order valence-electron chi connectivity index (χ2n) is 6.88. The average Bonchev–Trinajstić information content (AvgIpc) is 2.78. The third kappa shape index (κ3) is 6.00. The number of rotatable bonds is 9. The molecule has 8 heteroatoms. The highest BCUT2D eigenvalue weighted by atomic mass is 32.2. The van der Waals surface area contributed by atoms with Gasteiger partial charge in [-0.05, 0) is 48.4 Å². The number of anilines is 1. The highest BCUT2D eigenvalue weighted by molar-refractivity contribution is 7.89. The molecule has 0 unspecified atom stereocenters. The van der Waals surface area contributed by atoms with E-state index in [0.29, 0.717) is 17.7 Å². The number of sulfonamides is 1. The van der Waals surface area contributed by atoms with Crippen LogP contribution in [0.5, 0.6) is 0 Å². The van der Waals surface area contributed by atoms with E-state index in [4.69, 9.17) is 5.73 Å². The number of nitrogens with two attached hydrogens (primary N) is 1. The quantitative estimate of drug-likeness (QED) is 0.536. The molecule has 0 atom stereocenters. The molecule has 0 heterocycles. The van der Waals surface area contributed by atoms with Gasteiger partial charge in [0.1, 0.15) is 0 Å². The fourth-order valence-electron chi connectivity index (χ4n) is 3.00. The maximum Gasteiger partial charge on any atom is 0.248 e. The molecular formula is C23H23N3O4S. The van der Waals surface area contributed by atoms with Crippen LogP contribution in [0.4, 0.5) is 5.69 Å². The van der Waals surface area contributed by atoms with Crippen LogP contribution in [-0.4, -0.2) is 37.6 Å². The second-order valence-corrected chi connectivity index (χ2v) is 8.81. The van der Waals surface area contributed by atoms with Crippen molar-refractivity contribution < 1.29 is 18.0 Å². The summed E-state index contributed by atoms with van der Waals surface area (Å²) in [7, 11) is -3.87. The number of hydrogen-bond donors (Lipinski definition) is 2. The standard InChI is InChI=1S/C23H23N3O4S/c24-23(28)19-11-13-20(14-12-19)25-22(27)17-26(16-15-18-7-3-1-4-8-18)31(29,30)21-9-5-2-6-10-21/h1-14H,15-17H2,(H2,24,28)(H,25,27). The van der Waals surface area contributed by atoms with Crippen LogP contribution in [0.2, 0.25) is 0 Å². The van der Waals surface area contributed by atoms with E-state index in [0.717, 1.165) is 5.56 Å². The van der Waals surface area contributed by atoms with Crippen molar-refractivity contribution >= 4 is 27.5 Å². The summed E-state index contributed by atoms with van der Waals surface area (Å²) in [6.07, 6.45) is 0.466. The van der Waals surface area contributed by atoms with Gasteiger partial charge in [-0.3, -0.25) is 9.59 Å². The topological polar surface area (TPSA) is 110 Å². The number of nitrogens with one attached hydrogen (secondary N) is 1. The van der Waals surface area contributed by atoms with Crippen LogP contribution in [0.25, 0.3) is 0 Å². The zero-order valence-electron chi connectivity index (χ0n) is 16.8. The summed E-state index contributed by atoms with van der Waals surface area (Å²) >= 11 is 0. The van der Waals surface area contributed by atoms with Gasteiger partial charge in [0, 0.05) is 17.8 Å². The van der Waals surface area contributed by atoms with Crippen LogP contribution in [0, 0.1) is 0 Å². The third-order valence-corrected chi connectivity index (χ3v) is 6.51. The summed E-state index contributed by atoms with van der Waals surface area (Å²) in [4.78, 5) is 23.9. The van der Waals surface area contributed by atoms with E-state index in [1.165, 1.54) is 40.7 Å². The van der Waals surface area contributed by atoms with E-state index in [2.05, 4.69) is 5.32 Å². The highest BCUT2D eigenvalue weighted by Gasteiger charge is 2.26. The van der Waals surface area contributed by atoms with Crippen LogP contribution in [-0.2, 0) is 21.2 Å². The number of hydrogen-bond acceptors (Lipinski definition) is 4. The summed E-state index contributed by atoms with van der Waals surface area (Å²) < 4.78 is 27.5. The minimum Gasteiger partial charge on any atom is -0.366 e. The highest BCUT2D eigenvalue weighted by Crippen LogP contribution is 2.17. The van der Waals surface area contributed by atoms with Crippen LogP contribution in [0.15, 0.2) is 89.8 Å². The van der Waals surface area contributed by atoms with Crippen molar-refractivity contribution in [2.45, 2.75) is 11.3 Å². The minimum atomic E-state index is -3.87. The summed E-state index contributed by atoms with van der Waals surface area (Å²) in [5.41, 5.74) is 6.94. The molecular weight excluding hydrogens is 414 g/mol. The number of carbonyl (C=O) groups excluding carboxylic acids is 2. The molecule has 0 aromatic heterocycles. The first-order valence-corrected chi connectivity index (χ1v) is 11.1. The molecule has 160 valence electrons. The van der Waals surface area contributed by atoms with E-state index in [9.17, 15) is 18.0 Å². The van der Waals surface area contributed by atoms with Gasteiger partial charge in [-0.15, -0.1) is 0 Å². The molecule has 31 heavy (non-hydrogen) atoms. The van der Waals surface area contributed by atoms with Gasteiger partial charge in [0.15, 0.2) is 0 Å². The summed E-state index contributed by atoms with van der Waals surface area (Å²) in [5.74, 6) is -1.06. The summed E-state index contributed by atoms with van der Waals surface area (Å²) in [5, 5.41) is 2.66. The molecule has 0 spiro atoms. The van der Waals surface area contributed by atoms with Crippen molar-refractivity contribution in [3.8, 4) is 0 Å². The Bertz CT molecular complexity index is 1130. The Kier molecular flexibility index (Phi) is 7.17. The molecule has 3 rings (SSSR count). The van der Waals surface area contributed by atoms with Crippen molar-refractivity contribution in [3.63, 3.8) is 0 Å². The Balaban J connectivity index is 1.76. The smallest absolute Gasteiger partial charge is 0.248 e. The lowest BCUT2D eigenvalue weighted by Gasteiger charge is -2.22. The SMILES string of the molecule is NC(=O)c1ccc(NC(=O)CN(CCc2ccccc2)S(=O)(=O)c2ccccc2)cc1. The molecule has 0 saturated heterocycles. The van der Waals surface area contributed by atoms with Gasteiger partial charge >= 0.3 is 0 Å². The van der Waals surface area contributed by atoms with E-state index >= 15 is 0 Å². The number of amides is 2. The predicted octanol–water partition coefficient (Wildman–Crippen LogP) is 2.66. The Labute approximate surface area is 181 Å². The van der Waals surface area contributed by atoms with Gasteiger partial charge in [0.05, 0.1) is 11.4 Å². The molecule has 0 saturated carbocycles. The van der Waals surface area contributed by atoms with Gasteiger partial charge in [-0.25, -0.2) is 8.42 Å². The maximum atomic E-state index is 13.2. The van der Waals surface area contributed by atoms with Crippen LogP contribution >= 0.6 is 0 Å². The number of benzene rings is 3. The molecule has 2 amide bonds. The first-order valence-electron chi connectivity index (χ1n) is 9.65. The number of nitrogens with zero attached hydrogens (tertiary/aromatic N) is 1. The maximum absolute atomic E-state index is 13.2. The number of primary amides is 1. The molecule has 3 N–H and O–H groups in total. The van der Waals surface area contributed by atoms with Crippen LogP contribution in [0.1, 0.15) is 15.9 Å². The molecule has 3 aromatic carbocycles. The van der Waals surface area contributed by atoms with Crippen molar-refractivity contribution in [1.29, 1.82) is 0 Å². The third-order valence-electron chi connectivity index (χ3n) is 4.65. The first kappa shape index (κ1) is 22.2. The number of carbonyl (C=O) groups is 2. The molecule has 7 nitrogen and oxygen atoms in total. The fraction of sp³-hybridized carbons (Fsp3) is 0.130. The molecule has 3 aromatic rings. The van der Waals surface area contributed by atoms with Crippen molar-refractivity contribution in [1.82, 2.24) is 4.31 Å². The van der Waals surface area contributed by atoms with Gasteiger partial charge in [0.2, 0.25) is 21.8 Å². The second kappa shape index (κ2) is 10.0. The van der Waals surface area contributed by atoms with E-state index in [1.807, 2.05) is 30.3 Å². The normalized spacial score (nSPS) is 11.3. The lowest BCUT2D eigenvalue weighted by Crippen LogP contribution is -2.39. The first-order chi connectivity index (χ1) is 14.9. The van der Waals surface area contributed by atoms with Crippen molar-refractivity contribution in [3.05, 3.63) is 96.1 Å². The average molecular weight is 438 g/mol. The predicted molar refractivity (Wildman–Crippen MR) is 119 cm³/mol. The fourth-order valence-corrected chi connectivity index (χ4v) is 4.42. The van der Waals surface area contributed by atoms with Gasteiger partial charge in [0.25, 0.3) is 0 Å². The van der Waals surface area contributed by atoms with E-state index in [-0.39, 0.29) is 18.0 Å². The molecule has 0 aliphatic carbocycles. The zero-order chi connectivity index (χ0) is 22.3. The molecule has 0 fully saturated rings.